The fourth-order valence-corrected chi connectivity index (χ4v) is 7.52. The number of nitro groups is 1. The van der Waals surface area contributed by atoms with Crippen LogP contribution in [0.4, 0.5) is 18.9 Å². The van der Waals surface area contributed by atoms with Crippen LogP contribution in [-0.2, 0) is 20.5 Å². The molecule has 1 aliphatic heterocycles. The van der Waals surface area contributed by atoms with Crippen LogP contribution in [0.15, 0.2) is 57.3 Å². The van der Waals surface area contributed by atoms with E-state index in [1.807, 2.05) is 27.7 Å². The molecule has 2 aliphatic carbocycles. The van der Waals surface area contributed by atoms with Gasteiger partial charge in [0.1, 0.15) is 0 Å². The number of rotatable bonds is 9. The van der Waals surface area contributed by atoms with Gasteiger partial charge in [0, 0.05) is 61.0 Å². The number of methoxy groups -OCH3 is 1. The second-order valence-electron chi connectivity index (χ2n) is 14.0. The highest BCUT2D eigenvalue weighted by molar-refractivity contribution is 9.10. The van der Waals surface area contributed by atoms with Gasteiger partial charge in [0.05, 0.1) is 28.2 Å². The Morgan fingerprint density at radius 1 is 0.958 bits per heavy atom. The third-order valence-electron chi connectivity index (χ3n) is 8.90. The normalized spacial score (nSPS) is 19.3. The van der Waals surface area contributed by atoms with Crippen molar-refractivity contribution in [3.63, 3.8) is 0 Å². The fourth-order valence-electron chi connectivity index (χ4n) is 6.98. The number of carbonyl (C=O) groups excluding carboxylic acids is 2. The molecular weight excluding hydrogens is 697 g/mol. The van der Waals surface area contributed by atoms with E-state index in [9.17, 15) is 32.9 Å². The first-order chi connectivity index (χ1) is 22.4. The lowest BCUT2D eigenvalue weighted by atomic mass is 9.63. The van der Waals surface area contributed by atoms with Crippen LogP contribution in [0.1, 0.15) is 77.3 Å². The average Bonchev–Trinajstić information content (AvgIpc) is 2.95. The van der Waals surface area contributed by atoms with E-state index in [0.717, 1.165) is 17.5 Å². The van der Waals surface area contributed by atoms with E-state index in [1.54, 1.807) is 26.2 Å². The molecule has 2 aromatic rings. The summed E-state index contributed by atoms with van der Waals surface area (Å²) in [5.41, 5.74) is 0.680. The molecule has 0 amide bonds. The second kappa shape index (κ2) is 13.0. The monoisotopic (exact) mass is 734 g/mol. The third kappa shape index (κ3) is 6.89. The standard InChI is InChI=1S/C35H38BrF3N2O7/c1-7-47-28-13-19(12-21(36)32(28)48-27-9-8-20(35(37,38)39)14-22(27)41(44)45)29-30-23(15-33(2,3)17-25(30)42)40(10-11-46-6)24-16-34(4,5)18-26(43)31(24)29/h8-9,12-14,29H,7,10-11,15-18H2,1-6H3. The number of alkyl halides is 3. The zero-order valence-corrected chi connectivity index (χ0v) is 29.3. The molecule has 0 fully saturated rings. The molecule has 13 heteroatoms. The van der Waals surface area contributed by atoms with Gasteiger partial charge in [-0.05, 0) is 76.4 Å². The maximum atomic E-state index is 14.1. The van der Waals surface area contributed by atoms with Gasteiger partial charge in [-0.1, -0.05) is 27.7 Å². The number of halogens is 4. The van der Waals surface area contributed by atoms with Crippen molar-refractivity contribution in [2.45, 2.75) is 72.4 Å². The van der Waals surface area contributed by atoms with Gasteiger partial charge in [0.25, 0.3) is 0 Å². The Kier molecular flexibility index (Phi) is 9.61. The Labute approximate surface area is 285 Å². The highest BCUT2D eigenvalue weighted by Crippen LogP contribution is 2.56. The third-order valence-corrected chi connectivity index (χ3v) is 9.49. The van der Waals surface area contributed by atoms with Crippen LogP contribution in [0, 0.1) is 20.9 Å². The van der Waals surface area contributed by atoms with Crippen LogP contribution in [-0.4, -0.2) is 48.3 Å². The molecule has 0 aromatic heterocycles. The molecule has 258 valence electrons. The van der Waals surface area contributed by atoms with Crippen LogP contribution in [0.2, 0.25) is 0 Å². The van der Waals surface area contributed by atoms with Crippen molar-refractivity contribution >= 4 is 33.2 Å². The Bertz CT molecular complexity index is 1690. The predicted octanol–water partition coefficient (Wildman–Crippen LogP) is 8.90. The van der Waals surface area contributed by atoms with Crippen molar-refractivity contribution in [2.24, 2.45) is 10.8 Å². The largest absolute Gasteiger partial charge is 0.490 e. The van der Waals surface area contributed by atoms with Gasteiger partial charge in [-0.25, -0.2) is 0 Å². The van der Waals surface area contributed by atoms with Crippen LogP contribution in [0.25, 0.3) is 0 Å². The quantitative estimate of drug-likeness (QED) is 0.186. The number of hydrogen-bond donors (Lipinski definition) is 0. The minimum Gasteiger partial charge on any atom is -0.490 e. The lowest BCUT2D eigenvalue weighted by Gasteiger charge is -2.49. The van der Waals surface area contributed by atoms with E-state index < -0.39 is 34.0 Å². The van der Waals surface area contributed by atoms with E-state index in [2.05, 4.69) is 20.8 Å². The molecule has 0 unspecified atom stereocenters. The predicted molar refractivity (Wildman–Crippen MR) is 175 cm³/mol. The maximum Gasteiger partial charge on any atom is 0.416 e. The zero-order chi connectivity index (χ0) is 35.3. The van der Waals surface area contributed by atoms with Crippen LogP contribution in [0.3, 0.4) is 0 Å². The van der Waals surface area contributed by atoms with Crippen LogP contribution >= 0.6 is 15.9 Å². The molecule has 48 heavy (non-hydrogen) atoms. The summed E-state index contributed by atoms with van der Waals surface area (Å²) in [4.78, 5) is 41.2. The van der Waals surface area contributed by atoms with Crippen molar-refractivity contribution in [1.29, 1.82) is 0 Å². The van der Waals surface area contributed by atoms with Crippen molar-refractivity contribution < 1.29 is 41.9 Å². The van der Waals surface area contributed by atoms with Gasteiger partial charge < -0.3 is 19.1 Å². The fraction of sp³-hybridized carbons (Fsp3) is 0.486. The number of hydrogen-bond acceptors (Lipinski definition) is 8. The molecule has 3 aliphatic rings. The first kappa shape index (κ1) is 35.6. The Hall–Kier alpha value is -3.71. The van der Waals surface area contributed by atoms with E-state index in [1.165, 1.54) is 0 Å². The summed E-state index contributed by atoms with van der Waals surface area (Å²) in [5.74, 6) is -1.13. The van der Waals surface area contributed by atoms with E-state index in [4.69, 9.17) is 14.2 Å². The maximum absolute atomic E-state index is 14.1. The highest BCUT2D eigenvalue weighted by atomic mass is 79.9. The number of ether oxygens (including phenoxy) is 3. The van der Waals surface area contributed by atoms with E-state index in [-0.39, 0.29) is 45.0 Å². The number of benzene rings is 2. The lowest BCUT2D eigenvalue weighted by molar-refractivity contribution is -0.385. The zero-order valence-electron chi connectivity index (χ0n) is 27.7. The first-order valence-electron chi connectivity index (χ1n) is 15.7. The SMILES string of the molecule is CCOc1cc(C2C3=C(CC(C)(C)CC3=O)N(CCOC)C3=C2C(=O)CC(C)(C)C3)cc(Br)c1Oc1ccc(C(F)(F)F)cc1[N+](=O)[O-]. The number of nitrogens with zero attached hydrogens (tertiary/aromatic N) is 2. The van der Waals surface area contributed by atoms with E-state index >= 15 is 0 Å². The van der Waals surface area contributed by atoms with Gasteiger partial charge in [0.2, 0.25) is 5.75 Å². The van der Waals surface area contributed by atoms with Crippen molar-refractivity contribution in [2.75, 3.05) is 26.9 Å². The second-order valence-corrected chi connectivity index (χ2v) is 14.8. The molecule has 2 aromatic carbocycles. The number of allylic oxidation sites excluding steroid dienone is 4. The topological polar surface area (TPSA) is 108 Å². The highest BCUT2D eigenvalue weighted by Gasteiger charge is 2.49. The van der Waals surface area contributed by atoms with Crippen molar-refractivity contribution in [3.8, 4) is 17.2 Å². The molecule has 0 saturated carbocycles. The van der Waals surface area contributed by atoms with Gasteiger partial charge >= 0.3 is 11.9 Å². The Morgan fingerprint density at radius 2 is 1.54 bits per heavy atom. The van der Waals surface area contributed by atoms with Crippen molar-refractivity contribution in [3.05, 3.63) is 78.6 Å². The summed E-state index contributed by atoms with van der Waals surface area (Å²) in [7, 11) is 1.61. The molecule has 0 bridgehead atoms. The summed E-state index contributed by atoms with van der Waals surface area (Å²) < 4.78 is 57.6. The number of ketones is 2. The molecule has 0 spiro atoms. The molecule has 0 saturated heterocycles. The van der Waals surface area contributed by atoms with Gasteiger partial charge in [-0.2, -0.15) is 13.2 Å². The van der Waals surface area contributed by atoms with Crippen LogP contribution in [0.5, 0.6) is 17.2 Å². The molecule has 9 nitrogen and oxygen atoms in total. The summed E-state index contributed by atoms with van der Waals surface area (Å²) in [6.45, 7) is 10.9. The number of carbonyl (C=O) groups is 2. The van der Waals surface area contributed by atoms with Gasteiger partial charge in [0.15, 0.2) is 23.1 Å². The first-order valence-corrected chi connectivity index (χ1v) is 16.5. The Balaban J connectivity index is 1.70. The van der Waals surface area contributed by atoms with Crippen LogP contribution < -0.4 is 9.47 Å². The van der Waals surface area contributed by atoms with Gasteiger partial charge in [-0.15, -0.1) is 0 Å². The van der Waals surface area contributed by atoms with E-state index in [0.29, 0.717) is 67.7 Å². The Morgan fingerprint density at radius 3 is 2.04 bits per heavy atom. The molecule has 1 heterocycles. The molecular formula is C35H38BrF3N2O7. The summed E-state index contributed by atoms with van der Waals surface area (Å²) >= 11 is 3.50. The van der Waals surface area contributed by atoms with Crippen molar-refractivity contribution in [1.82, 2.24) is 4.90 Å². The summed E-state index contributed by atoms with van der Waals surface area (Å²) in [6, 6.07) is 5.34. The molecule has 5 rings (SSSR count). The number of nitro benzene ring substituents is 1. The average molecular weight is 736 g/mol. The minimum absolute atomic E-state index is 0.00315. The summed E-state index contributed by atoms with van der Waals surface area (Å²) in [5, 5.41) is 11.8. The summed E-state index contributed by atoms with van der Waals surface area (Å²) in [6.07, 6.45) is -2.99. The molecule has 0 N–H and O–H groups in total. The molecule has 0 atom stereocenters. The minimum atomic E-state index is -4.79. The lowest BCUT2D eigenvalue weighted by Crippen LogP contribution is -2.45. The molecule has 0 radical (unpaired) electrons. The smallest absolute Gasteiger partial charge is 0.416 e. The number of Topliss-reactive ketones (excluding diaryl/α,β-unsaturated/α-hetero) is 2. The van der Waals surface area contributed by atoms with Gasteiger partial charge in [-0.3, -0.25) is 19.7 Å².